The molecule has 0 aromatic heterocycles. The number of allylic oxidation sites excluding steroid dienone is 2. The van der Waals surface area contributed by atoms with Gasteiger partial charge < -0.3 is 30.5 Å². The molecule has 2 atom stereocenters. The van der Waals surface area contributed by atoms with Gasteiger partial charge in [0.2, 0.25) is 5.91 Å². The van der Waals surface area contributed by atoms with E-state index in [4.69, 9.17) is 4.74 Å². The minimum Gasteiger partial charge on any atom is -0.481 e. The number of methoxy groups -OCH3 is 1. The van der Waals surface area contributed by atoms with Crippen LogP contribution in [-0.2, 0) is 25.5 Å². The highest BCUT2D eigenvalue weighted by atomic mass is 32.2. The van der Waals surface area contributed by atoms with Gasteiger partial charge in [0.05, 0.1) is 31.4 Å². The first-order chi connectivity index (χ1) is 15.9. The Balaban J connectivity index is 1.65. The second-order valence-electron chi connectivity index (χ2n) is 7.04. The van der Waals surface area contributed by atoms with Crippen molar-refractivity contribution in [1.82, 2.24) is 25.0 Å². The molecule has 11 nitrogen and oxygen atoms in total. The van der Waals surface area contributed by atoms with Gasteiger partial charge in [-0.15, -0.1) is 0 Å². The van der Waals surface area contributed by atoms with Gasteiger partial charge in [-0.3, -0.25) is 13.9 Å². The molecule has 5 N–H and O–H groups in total. The molecule has 0 spiro atoms. The third-order valence-corrected chi connectivity index (χ3v) is 5.40. The van der Waals surface area contributed by atoms with E-state index in [1.165, 1.54) is 19.2 Å². The Morgan fingerprint density at radius 1 is 1.15 bits per heavy atom. The van der Waals surface area contributed by atoms with Crippen LogP contribution in [0.5, 0.6) is 0 Å². The van der Waals surface area contributed by atoms with E-state index in [-0.39, 0.29) is 6.42 Å². The molecular weight excluding hydrogens is 450 g/mol. The number of hydrogen-bond acceptors (Lipinski definition) is 8. The van der Waals surface area contributed by atoms with Crippen LogP contribution in [-0.4, -0.2) is 52.5 Å². The number of carbonyl (C=O) groups excluding carboxylic acids is 3. The van der Waals surface area contributed by atoms with Crippen molar-refractivity contribution in [2.75, 3.05) is 7.11 Å². The molecule has 3 rings (SSSR count). The molecule has 0 radical (unpaired) electrons. The number of urea groups is 1. The van der Waals surface area contributed by atoms with Crippen LogP contribution in [0, 0.1) is 0 Å². The SMILES string of the molecule is COC(=O)[C@H](Cc1ccccc1)NC(=O)[C@H](CC(=O)O)NC(=O)NC1=CC2=CNSN2C=C1. The van der Waals surface area contributed by atoms with Crippen molar-refractivity contribution in [2.24, 2.45) is 0 Å². The summed E-state index contributed by atoms with van der Waals surface area (Å²) in [5, 5.41) is 16.6. The monoisotopic (exact) mass is 473 g/mol. The fraction of sp³-hybridized carbons (Fsp3) is 0.238. The number of carboxylic acids is 1. The van der Waals surface area contributed by atoms with Crippen LogP contribution in [0.2, 0.25) is 0 Å². The first-order valence-electron chi connectivity index (χ1n) is 9.89. The number of nitrogens with zero attached hydrogens (tertiary/aromatic N) is 1. The van der Waals surface area contributed by atoms with E-state index in [1.807, 2.05) is 10.4 Å². The van der Waals surface area contributed by atoms with Crippen LogP contribution < -0.4 is 20.7 Å². The maximum Gasteiger partial charge on any atom is 0.328 e. The number of hydrogen-bond donors (Lipinski definition) is 5. The number of rotatable bonds is 9. The van der Waals surface area contributed by atoms with Gasteiger partial charge in [0.15, 0.2) is 0 Å². The fourth-order valence-corrected chi connectivity index (χ4v) is 3.70. The minimum absolute atomic E-state index is 0.139. The highest BCUT2D eigenvalue weighted by molar-refractivity contribution is 7.95. The average Bonchev–Trinajstić information content (AvgIpc) is 3.26. The predicted molar refractivity (Wildman–Crippen MR) is 120 cm³/mol. The van der Waals surface area contributed by atoms with E-state index < -0.39 is 42.4 Å². The predicted octanol–water partition coefficient (Wildman–Crippen LogP) is 0.750. The third-order valence-electron chi connectivity index (χ3n) is 4.65. The summed E-state index contributed by atoms with van der Waals surface area (Å²) < 4.78 is 9.55. The van der Waals surface area contributed by atoms with Gasteiger partial charge in [-0.1, -0.05) is 30.3 Å². The molecule has 2 aliphatic heterocycles. The number of aliphatic carboxylic acids is 1. The van der Waals surface area contributed by atoms with Crippen LogP contribution in [0.3, 0.4) is 0 Å². The van der Waals surface area contributed by atoms with E-state index in [1.54, 1.807) is 48.8 Å². The summed E-state index contributed by atoms with van der Waals surface area (Å²) in [5.74, 6) is -2.80. The van der Waals surface area contributed by atoms with Gasteiger partial charge in [-0.25, -0.2) is 9.59 Å². The topological polar surface area (TPSA) is 149 Å². The molecule has 2 aliphatic rings. The summed E-state index contributed by atoms with van der Waals surface area (Å²) >= 11 is 1.35. The summed E-state index contributed by atoms with van der Waals surface area (Å²) in [4.78, 5) is 48.7. The lowest BCUT2D eigenvalue weighted by Gasteiger charge is -2.22. The average molecular weight is 474 g/mol. The normalized spacial score (nSPS) is 15.7. The van der Waals surface area contributed by atoms with Crippen molar-refractivity contribution in [3.05, 3.63) is 71.8 Å². The van der Waals surface area contributed by atoms with Crippen LogP contribution in [0.25, 0.3) is 0 Å². The van der Waals surface area contributed by atoms with Crippen LogP contribution in [0.15, 0.2) is 66.3 Å². The zero-order valence-electron chi connectivity index (χ0n) is 17.6. The number of carbonyl (C=O) groups is 4. The zero-order chi connectivity index (χ0) is 23.8. The van der Waals surface area contributed by atoms with Crippen molar-refractivity contribution in [3.8, 4) is 0 Å². The first kappa shape index (κ1) is 23.7. The maximum absolute atomic E-state index is 12.8. The smallest absolute Gasteiger partial charge is 0.328 e. The summed E-state index contributed by atoms with van der Waals surface area (Å²) in [5.41, 5.74) is 2.03. The summed E-state index contributed by atoms with van der Waals surface area (Å²) in [7, 11) is 1.19. The largest absolute Gasteiger partial charge is 0.481 e. The van der Waals surface area contributed by atoms with E-state index in [0.29, 0.717) is 5.70 Å². The summed E-state index contributed by atoms with van der Waals surface area (Å²) in [6.45, 7) is 0. The van der Waals surface area contributed by atoms with Crippen LogP contribution in [0.4, 0.5) is 4.79 Å². The molecule has 0 unspecified atom stereocenters. The lowest BCUT2D eigenvalue weighted by Crippen LogP contribution is -2.54. The van der Waals surface area contributed by atoms with E-state index in [0.717, 1.165) is 11.3 Å². The van der Waals surface area contributed by atoms with Crippen molar-refractivity contribution >= 4 is 36.0 Å². The Bertz CT molecular complexity index is 1010. The van der Waals surface area contributed by atoms with E-state index in [9.17, 15) is 24.3 Å². The quantitative estimate of drug-likeness (QED) is 0.259. The Kier molecular flexibility index (Phi) is 7.97. The number of carboxylic acid groups (broad SMARTS) is 1. The number of esters is 1. The highest BCUT2D eigenvalue weighted by Gasteiger charge is 2.29. The number of ether oxygens (including phenoxy) is 1. The molecule has 33 heavy (non-hydrogen) atoms. The lowest BCUT2D eigenvalue weighted by atomic mass is 10.1. The molecule has 2 heterocycles. The molecule has 1 aromatic rings. The molecule has 174 valence electrons. The molecule has 0 saturated heterocycles. The lowest BCUT2D eigenvalue weighted by molar-refractivity contribution is -0.145. The van der Waals surface area contributed by atoms with Gasteiger partial charge in [-0.05, 0) is 17.7 Å². The van der Waals surface area contributed by atoms with Gasteiger partial charge in [0.1, 0.15) is 12.1 Å². The minimum atomic E-state index is -1.42. The molecule has 0 bridgehead atoms. The fourth-order valence-electron chi connectivity index (χ4n) is 3.08. The molecule has 3 amide bonds. The molecule has 12 heteroatoms. The molecule has 0 saturated carbocycles. The number of nitrogens with one attached hydrogen (secondary N) is 4. The van der Waals surface area contributed by atoms with Crippen LogP contribution in [0.1, 0.15) is 12.0 Å². The Morgan fingerprint density at radius 3 is 2.61 bits per heavy atom. The Hall–Kier alpha value is -3.93. The second kappa shape index (κ2) is 11.1. The Labute approximate surface area is 194 Å². The van der Waals surface area contributed by atoms with Gasteiger partial charge in [0.25, 0.3) is 0 Å². The third kappa shape index (κ3) is 6.77. The number of benzene rings is 1. The maximum atomic E-state index is 12.8. The molecule has 0 fully saturated rings. The Morgan fingerprint density at radius 2 is 1.91 bits per heavy atom. The highest BCUT2D eigenvalue weighted by Crippen LogP contribution is 2.26. The van der Waals surface area contributed by atoms with Crippen molar-refractivity contribution in [1.29, 1.82) is 0 Å². The van der Waals surface area contributed by atoms with Crippen LogP contribution >= 0.6 is 12.1 Å². The van der Waals surface area contributed by atoms with E-state index in [2.05, 4.69) is 20.7 Å². The van der Waals surface area contributed by atoms with Crippen molar-refractivity contribution in [3.63, 3.8) is 0 Å². The van der Waals surface area contributed by atoms with Gasteiger partial charge in [-0.2, -0.15) is 0 Å². The number of fused-ring (bicyclic) bond motifs is 1. The van der Waals surface area contributed by atoms with Crippen molar-refractivity contribution in [2.45, 2.75) is 24.9 Å². The second-order valence-corrected chi connectivity index (χ2v) is 7.85. The number of amides is 3. The molecule has 1 aromatic carbocycles. The standard InChI is InChI=1S/C21H23N5O6S/c1-32-20(30)17(9-13-5-3-2-4-6-13)24-19(29)16(11-18(27)28)25-21(31)23-14-7-8-26-15(10-14)12-22-33-26/h2-8,10,12,16-17,22H,9,11H2,1H3,(H,24,29)(H,27,28)(H2,23,25,31)/t16-,17-/m0/s1. The van der Waals surface area contributed by atoms with Gasteiger partial charge >= 0.3 is 18.0 Å². The summed E-state index contributed by atoms with van der Waals surface area (Å²) in [6.07, 6.45) is 6.29. The van der Waals surface area contributed by atoms with Gasteiger partial charge in [0, 0.05) is 24.5 Å². The van der Waals surface area contributed by atoms with E-state index >= 15 is 0 Å². The molecule has 0 aliphatic carbocycles. The first-order valence-corrected chi connectivity index (χ1v) is 10.7. The van der Waals surface area contributed by atoms with Crippen molar-refractivity contribution < 1.29 is 29.0 Å². The zero-order valence-corrected chi connectivity index (χ0v) is 18.4. The summed E-state index contributed by atoms with van der Waals surface area (Å²) in [6, 6.07) is 5.71. The molecular formula is C21H23N5O6S.